The van der Waals surface area contributed by atoms with Gasteiger partial charge >= 0.3 is 0 Å². The molecule has 1 atom stereocenters. The topological polar surface area (TPSA) is 72.2 Å². The predicted octanol–water partition coefficient (Wildman–Crippen LogP) is 2.93. The molecule has 4 rings (SSSR count). The van der Waals surface area contributed by atoms with Gasteiger partial charge in [0.2, 0.25) is 0 Å². The van der Waals surface area contributed by atoms with Crippen molar-refractivity contribution in [2.45, 2.75) is 6.04 Å². The van der Waals surface area contributed by atoms with Crippen molar-refractivity contribution in [3.05, 3.63) is 74.8 Å². The first-order chi connectivity index (χ1) is 10.1. The third-order valence-corrected chi connectivity index (χ3v) is 3.97. The smallest absolute Gasteiger partial charge is 0.269 e. The first-order valence-electron chi connectivity index (χ1n) is 6.55. The summed E-state index contributed by atoms with van der Waals surface area (Å²) in [6, 6.07) is 11.9. The number of fused-ring (bicyclic) bond motifs is 5. The van der Waals surface area contributed by atoms with Gasteiger partial charge in [0, 0.05) is 17.7 Å². The number of benzene rings is 2. The van der Waals surface area contributed by atoms with Crippen LogP contribution in [-0.4, -0.2) is 10.8 Å². The van der Waals surface area contributed by atoms with Crippen LogP contribution >= 0.6 is 0 Å². The SMILES string of the molecule is O=C1NC2C(=Cc3ccc([N+](=O)[O-])cc32)c2ccccc21. The summed E-state index contributed by atoms with van der Waals surface area (Å²) >= 11 is 0. The van der Waals surface area contributed by atoms with Crippen LogP contribution in [0.4, 0.5) is 5.69 Å². The van der Waals surface area contributed by atoms with Gasteiger partial charge in [0.1, 0.15) is 0 Å². The molecule has 1 unspecified atom stereocenters. The molecule has 1 amide bonds. The van der Waals surface area contributed by atoms with E-state index in [1.807, 2.05) is 24.3 Å². The average Bonchev–Trinajstić information content (AvgIpc) is 2.85. The molecule has 2 aromatic rings. The van der Waals surface area contributed by atoms with E-state index in [-0.39, 0.29) is 17.6 Å². The standard InChI is InChI=1S/C16H10N2O3/c19-16-12-4-2-1-3-11(12)14-7-9-5-6-10(18(20)21)8-13(9)15(14)17-16/h1-8,15H,(H,17,19). The first-order valence-corrected chi connectivity index (χ1v) is 6.55. The minimum absolute atomic E-state index is 0.0384. The summed E-state index contributed by atoms with van der Waals surface area (Å²) in [7, 11) is 0. The Labute approximate surface area is 120 Å². The summed E-state index contributed by atoms with van der Waals surface area (Å²) < 4.78 is 0. The van der Waals surface area contributed by atoms with Crippen LogP contribution in [0.5, 0.6) is 0 Å². The van der Waals surface area contributed by atoms with E-state index in [1.165, 1.54) is 12.1 Å². The minimum atomic E-state index is -0.420. The molecular weight excluding hydrogens is 268 g/mol. The number of nitrogens with one attached hydrogen (secondary N) is 1. The fourth-order valence-corrected chi connectivity index (χ4v) is 3.01. The zero-order chi connectivity index (χ0) is 14.6. The fraction of sp³-hybridized carbons (Fsp3) is 0.0625. The largest absolute Gasteiger partial charge is 0.341 e. The van der Waals surface area contributed by atoms with E-state index in [4.69, 9.17) is 0 Å². The summed E-state index contributed by atoms with van der Waals surface area (Å²) in [5.74, 6) is -0.146. The van der Waals surface area contributed by atoms with E-state index in [0.717, 1.165) is 22.3 Å². The molecule has 2 aliphatic rings. The molecule has 0 bridgehead atoms. The van der Waals surface area contributed by atoms with E-state index in [0.29, 0.717) is 5.56 Å². The van der Waals surface area contributed by atoms with Gasteiger partial charge in [0.05, 0.1) is 11.0 Å². The van der Waals surface area contributed by atoms with Crippen LogP contribution in [0.3, 0.4) is 0 Å². The van der Waals surface area contributed by atoms with Crippen molar-refractivity contribution in [1.82, 2.24) is 5.32 Å². The van der Waals surface area contributed by atoms with Crippen molar-refractivity contribution >= 4 is 23.2 Å². The lowest BCUT2D eigenvalue weighted by molar-refractivity contribution is -0.384. The average molecular weight is 278 g/mol. The number of rotatable bonds is 1. The van der Waals surface area contributed by atoms with Crippen LogP contribution in [0.25, 0.3) is 11.6 Å². The Morgan fingerprint density at radius 3 is 2.62 bits per heavy atom. The highest BCUT2D eigenvalue weighted by Gasteiger charge is 2.35. The van der Waals surface area contributed by atoms with Crippen molar-refractivity contribution in [2.75, 3.05) is 0 Å². The van der Waals surface area contributed by atoms with E-state index >= 15 is 0 Å². The molecule has 1 heterocycles. The van der Waals surface area contributed by atoms with Crippen molar-refractivity contribution in [2.24, 2.45) is 0 Å². The van der Waals surface area contributed by atoms with Gasteiger partial charge in [-0.3, -0.25) is 14.9 Å². The summed E-state index contributed by atoms with van der Waals surface area (Å²) in [5, 5.41) is 13.9. The highest BCUT2D eigenvalue weighted by molar-refractivity contribution is 6.08. The fourth-order valence-electron chi connectivity index (χ4n) is 3.01. The molecule has 1 N–H and O–H groups in total. The van der Waals surface area contributed by atoms with Crippen molar-refractivity contribution in [3.63, 3.8) is 0 Å². The molecule has 21 heavy (non-hydrogen) atoms. The predicted molar refractivity (Wildman–Crippen MR) is 77.6 cm³/mol. The molecule has 102 valence electrons. The Bertz CT molecular complexity index is 839. The maximum Gasteiger partial charge on any atom is 0.269 e. The van der Waals surface area contributed by atoms with Crippen molar-refractivity contribution in [3.8, 4) is 0 Å². The van der Waals surface area contributed by atoms with E-state index in [1.54, 1.807) is 12.1 Å². The van der Waals surface area contributed by atoms with Crippen molar-refractivity contribution < 1.29 is 9.72 Å². The summed E-state index contributed by atoms with van der Waals surface area (Å²) in [5.41, 5.74) is 4.25. The van der Waals surface area contributed by atoms with Gasteiger partial charge in [0.25, 0.3) is 11.6 Å². The number of hydrogen-bond acceptors (Lipinski definition) is 3. The van der Waals surface area contributed by atoms with Crippen LogP contribution < -0.4 is 5.32 Å². The number of non-ortho nitro benzene ring substituents is 1. The molecule has 1 aliphatic heterocycles. The molecule has 0 radical (unpaired) electrons. The highest BCUT2D eigenvalue weighted by atomic mass is 16.6. The molecule has 2 aromatic carbocycles. The Balaban J connectivity index is 1.90. The summed E-state index contributed by atoms with van der Waals surface area (Å²) in [6.45, 7) is 0. The highest BCUT2D eigenvalue weighted by Crippen LogP contribution is 2.44. The summed E-state index contributed by atoms with van der Waals surface area (Å²) in [4.78, 5) is 22.7. The number of nitro groups is 1. The molecule has 5 nitrogen and oxygen atoms in total. The lowest BCUT2D eigenvalue weighted by Gasteiger charge is -2.25. The lowest BCUT2D eigenvalue weighted by Crippen LogP contribution is -2.33. The second-order valence-corrected chi connectivity index (χ2v) is 5.12. The Morgan fingerprint density at radius 1 is 1.10 bits per heavy atom. The Morgan fingerprint density at radius 2 is 1.86 bits per heavy atom. The van der Waals surface area contributed by atoms with E-state index in [9.17, 15) is 14.9 Å². The van der Waals surface area contributed by atoms with E-state index < -0.39 is 4.92 Å². The third kappa shape index (κ3) is 1.61. The quantitative estimate of drug-likeness (QED) is 0.644. The molecule has 1 aliphatic carbocycles. The van der Waals surface area contributed by atoms with Crippen LogP contribution in [0.2, 0.25) is 0 Å². The summed E-state index contributed by atoms with van der Waals surface area (Å²) in [6.07, 6.45) is 1.99. The van der Waals surface area contributed by atoms with Gasteiger partial charge in [-0.05, 0) is 40.5 Å². The number of carbonyl (C=O) groups is 1. The number of amides is 1. The number of nitro benzene ring substituents is 1. The van der Waals surface area contributed by atoms with Crippen LogP contribution in [0.1, 0.15) is 33.1 Å². The Hall–Kier alpha value is -2.95. The molecule has 0 saturated heterocycles. The maximum absolute atomic E-state index is 12.2. The normalized spacial score (nSPS) is 18.2. The Kier molecular flexibility index (Phi) is 2.27. The second kappa shape index (κ2) is 4.02. The zero-order valence-electron chi connectivity index (χ0n) is 10.9. The zero-order valence-corrected chi connectivity index (χ0v) is 10.9. The first kappa shape index (κ1) is 11.8. The molecular formula is C16H10N2O3. The van der Waals surface area contributed by atoms with Crippen LogP contribution in [0.15, 0.2) is 42.5 Å². The number of carbonyl (C=O) groups excluding carboxylic acids is 1. The van der Waals surface area contributed by atoms with Gasteiger partial charge in [-0.1, -0.05) is 18.2 Å². The molecule has 0 saturated carbocycles. The molecule has 0 fully saturated rings. The van der Waals surface area contributed by atoms with E-state index in [2.05, 4.69) is 5.32 Å². The monoisotopic (exact) mass is 278 g/mol. The van der Waals surface area contributed by atoms with Crippen LogP contribution in [-0.2, 0) is 0 Å². The van der Waals surface area contributed by atoms with Gasteiger partial charge in [0.15, 0.2) is 0 Å². The molecule has 0 aromatic heterocycles. The molecule has 5 heteroatoms. The van der Waals surface area contributed by atoms with Crippen molar-refractivity contribution in [1.29, 1.82) is 0 Å². The second-order valence-electron chi connectivity index (χ2n) is 5.12. The third-order valence-electron chi connectivity index (χ3n) is 3.97. The van der Waals surface area contributed by atoms with Gasteiger partial charge < -0.3 is 5.32 Å². The molecule has 0 spiro atoms. The maximum atomic E-state index is 12.2. The van der Waals surface area contributed by atoms with Crippen LogP contribution in [0, 0.1) is 10.1 Å². The van der Waals surface area contributed by atoms with Gasteiger partial charge in [-0.25, -0.2) is 0 Å². The number of nitrogens with zero attached hydrogens (tertiary/aromatic N) is 1. The lowest BCUT2D eigenvalue weighted by atomic mass is 9.90. The van der Waals surface area contributed by atoms with Gasteiger partial charge in [-0.2, -0.15) is 0 Å². The number of hydrogen-bond donors (Lipinski definition) is 1. The minimum Gasteiger partial charge on any atom is -0.341 e. The van der Waals surface area contributed by atoms with Gasteiger partial charge in [-0.15, -0.1) is 0 Å².